The Morgan fingerprint density at radius 2 is 1.90 bits per heavy atom. The number of methoxy groups -OCH3 is 1. The molecule has 0 bridgehead atoms. The van der Waals surface area contributed by atoms with Crippen molar-refractivity contribution in [1.29, 1.82) is 0 Å². The topological polar surface area (TPSA) is 104 Å². The van der Waals surface area contributed by atoms with Crippen molar-refractivity contribution in [2.45, 2.75) is 51.2 Å². The van der Waals surface area contributed by atoms with Crippen LogP contribution in [0.25, 0.3) is 0 Å². The number of rotatable bonds is 4. The summed E-state index contributed by atoms with van der Waals surface area (Å²) in [6.45, 7) is 5.71. The van der Waals surface area contributed by atoms with Gasteiger partial charge in [-0.3, -0.25) is 10.1 Å². The number of pyridine rings is 1. The minimum atomic E-state index is -0.617. The number of amides is 1. The molecule has 1 aromatic carbocycles. The molecule has 2 aromatic rings. The Kier molecular flexibility index (Phi) is 6.16. The molecule has 0 radical (unpaired) electrons. The Bertz CT molecular complexity index is 1040. The van der Waals surface area contributed by atoms with Crippen LogP contribution in [-0.2, 0) is 10.3 Å². The van der Waals surface area contributed by atoms with E-state index in [-0.39, 0.29) is 17.1 Å². The van der Waals surface area contributed by atoms with E-state index < -0.39 is 16.6 Å². The van der Waals surface area contributed by atoms with Crippen LogP contribution in [0.5, 0.6) is 5.88 Å². The fraction of sp³-hybridized carbons (Fsp3) is 0.391. The van der Waals surface area contributed by atoms with E-state index in [9.17, 15) is 14.9 Å². The second-order valence-electron chi connectivity index (χ2n) is 8.45. The Labute approximate surface area is 181 Å². The lowest BCUT2D eigenvalue weighted by molar-refractivity contribution is -0.385. The van der Waals surface area contributed by atoms with E-state index in [1.807, 2.05) is 45.0 Å². The van der Waals surface area contributed by atoms with Gasteiger partial charge in [0.05, 0.1) is 17.6 Å². The van der Waals surface area contributed by atoms with Crippen LogP contribution < -0.4 is 10.1 Å². The summed E-state index contributed by atoms with van der Waals surface area (Å²) in [5.74, 6) is 6.08. The summed E-state index contributed by atoms with van der Waals surface area (Å²) in [6.07, 6.45) is 3.23. The molecule has 1 aliphatic rings. The van der Waals surface area contributed by atoms with Crippen molar-refractivity contribution in [3.05, 3.63) is 63.3 Å². The average molecular weight is 423 g/mol. The van der Waals surface area contributed by atoms with E-state index in [2.05, 4.69) is 22.1 Å². The number of carbonyl (C=O) groups is 1. The zero-order chi connectivity index (χ0) is 22.6. The van der Waals surface area contributed by atoms with Crippen LogP contribution in [0.4, 0.5) is 10.5 Å². The summed E-state index contributed by atoms with van der Waals surface area (Å²) in [5.41, 5.74) is 0.823. The molecule has 1 heterocycles. The molecule has 8 heteroatoms. The monoisotopic (exact) mass is 423 g/mol. The lowest BCUT2D eigenvalue weighted by Crippen LogP contribution is -2.47. The number of hydrogen-bond acceptors (Lipinski definition) is 6. The average Bonchev–Trinajstić information content (AvgIpc) is 2.68. The number of alkyl carbamates (subject to hydrolysis) is 1. The number of aromatic nitrogens is 1. The fourth-order valence-electron chi connectivity index (χ4n) is 3.25. The second kappa shape index (κ2) is 8.64. The highest BCUT2D eigenvalue weighted by molar-refractivity contribution is 5.69. The predicted octanol–water partition coefficient (Wildman–Crippen LogP) is 4.30. The van der Waals surface area contributed by atoms with E-state index in [1.54, 1.807) is 0 Å². The highest BCUT2D eigenvalue weighted by Crippen LogP contribution is 2.45. The summed E-state index contributed by atoms with van der Waals surface area (Å²) in [5, 5.41) is 13.8. The molecular formula is C23H25N3O5. The first-order chi connectivity index (χ1) is 14.6. The normalized spacial score (nSPS) is 14.5. The SMILES string of the molecule is COc1ncc([N+](=O)[O-])cc1C#Cc1ccc(C2(OC(=O)NC(C)(C)C)CCC2)cc1. The molecule has 0 aliphatic heterocycles. The Hall–Kier alpha value is -3.60. The molecular weight excluding hydrogens is 398 g/mol. The molecule has 0 saturated heterocycles. The summed E-state index contributed by atoms with van der Waals surface area (Å²) < 4.78 is 10.9. The van der Waals surface area contributed by atoms with E-state index >= 15 is 0 Å². The van der Waals surface area contributed by atoms with Crippen molar-refractivity contribution < 1.29 is 19.2 Å². The third-order valence-corrected chi connectivity index (χ3v) is 4.92. The predicted molar refractivity (Wildman–Crippen MR) is 115 cm³/mol. The molecule has 1 saturated carbocycles. The number of benzene rings is 1. The Morgan fingerprint density at radius 1 is 1.23 bits per heavy atom. The minimum absolute atomic E-state index is 0.155. The first-order valence-electron chi connectivity index (χ1n) is 9.94. The molecule has 162 valence electrons. The summed E-state index contributed by atoms with van der Waals surface area (Å²) in [7, 11) is 1.43. The van der Waals surface area contributed by atoms with Gasteiger partial charge in [0.2, 0.25) is 5.88 Å². The van der Waals surface area contributed by atoms with Gasteiger partial charge in [-0.1, -0.05) is 24.0 Å². The van der Waals surface area contributed by atoms with Gasteiger partial charge in [-0.05, 0) is 57.7 Å². The number of ether oxygens (including phenoxy) is 2. The number of nitrogens with zero attached hydrogens (tertiary/aromatic N) is 2. The van der Waals surface area contributed by atoms with Gasteiger partial charge < -0.3 is 14.8 Å². The first-order valence-corrected chi connectivity index (χ1v) is 9.94. The van der Waals surface area contributed by atoms with Crippen LogP contribution in [0, 0.1) is 22.0 Å². The van der Waals surface area contributed by atoms with Crippen molar-refractivity contribution in [3.63, 3.8) is 0 Å². The Morgan fingerprint density at radius 3 is 2.42 bits per heavy atom. The van der Waals surface area contributed by atoms with E-state index in [0.29, 0.717) is 11.1 Å². The van der Waals surface area contributed by atoms with Crippen LogP contribution in [0.3, 0.4) is 0 Å². The van der Waals surface area contributed by atoms with Gasteiger partial charge in [-0.15, -0.1) is 0 Å². The van der Waals surface area contributed by atoms with Crippen molar-refractivity contribution >= 4 is 11.8 Å². The van der Waals surface area contributed by atoms with Gasteiger partial charge >= 0.3 is 6.09 Å². The van der Waals surface area contributed by atoms with Crippen LogP contribution in [0.1, 0.15) is 56.7 Å². The highest BCUT2D eigenvalue weighted by Gasteiger charge is 2.43. The standard InChI is InChI=1S/C23H25N3O5/c1-22(2,3)25-21(27)31-23(12-5-13-23)18-10-7-16(8-11-18)6-9-17-14-19(26(28)29)15-24-20(17)30-4/h7-8,10-11,14-15H,5,12-13H2,1-4H3,(H,25,27). The molecule has 1 aromatic heterocycles. The first kappa shape index (κ1) is 22.1. The van der Waals surface area contributed by atoms with Crippen LogP contribution >= 0.6 is 0 Å². The Balaban J connectivity index is 1.79. The maximum absolute atomic E-state index is 12.3. The molecule has 0 atom stereocenters. The zero-order valence-corrected chi connectivity index (χ0v) is 18.0. The summed E-state index contributed by atoms with van der Waals surface area (Å²) in [6, 6.07) is 8.81. The maximum Gasteiger partial charge on any atom is 0.408 e. The van der Waals surface area contributed by atoms with Gasteiger partial charge in [0.25, 0.3) is 5.69 Å². The summed E-state index contributed by atoms with van der Waals surface area (Å²) >= 11 is 0. The summed E-state index contributed by atoms with van der Waals surface area (Å²) in [4.78, 5) is 26.7. The molecule has 1 fully saturated rings. The molecule has 0 unspecified atom stereocenters. The second-order valence-corrected chi connectivity index (χ2v) is 8.45. The number of nitrogens with one attached hydrogen (secondary N) is 1. The lowest BCUT2D eigenvalue weighted by Gasteiger charge is -2.42. The number of carbonyl (C=O) groups excluding carboxylic acids is 1. The molecule has 3 rings (SSSR count). The maximum atomic E-state index is 12.3. The van der Waals surface area contributed by atoms with Crippen molar-refractivity contribution in [2.75, 3.05) is 7.11 Å². The van der Waals surface area contributed by atoms with E-state index in [0.717, 1.165) is 31.0 Å². The van der Waals surface area contributed by atoms with Gasteiger partial charge in [-0.25, -0.2) is 9.78 Å². The fourth-order valence-corrected chi connectivity index (χ4v) is 3.25. The van der Waals surface area contributed by atoms with Crippen molar-refractivity contribution in [3.8, 4) is 17.7 Å². The molecule has 0 spiro atoms. The number of nitro groups is 1. The smallest absolute Gasteiger partial charge is 0.408 e. The van der Waals surface area contributed by atoms with E-state index in [1.165, 1.54) is 13.2 Å². The van der Waals surface area contributed by atoms with Gasteiger partial charge in [0.15, 0.2) is 0 Å². The van der Waals surface area contributed by atoms with Gasteiger partial charge in [0, 0.05) is 17.2 Å². The minimum Gasteiger partial charge on any atom is -0.480 e. The zero-order valence-electron chi connectivity index (χ0n) is 18.0. The molecule has 1 aliphatic carbocycles. The van der Waals surface area contributed by atoms with Gasteiger partial charge in [-0.2, -0.15) is 0 Å². The third-order valence-electron chi connectivity index (χ3n) is 4.92. The molecule has 8 nitrogen and oxygen atoms in total. The quantitative estimate of drug-likeness (QED) is 0.447. The largest absolute Gasteiger partial charge is 0.480 e. The molecule has 31 heavy (non-hydrogen) atoms. The molecule has 1 amide bonds. The van der Waals surface area contributed by atoms with Gasteiger partial charge in [0.1, 0.15) is 11.8 Å². The van der Waals surface area contributed by atoms with Crippen molar-refractivity contribution in [1.82, 2.24) is 10.3 Å². The highest BCUT2D eigenvalue weighted by atomic mass is 16.6. The third kappa shape index (κ3) is 5.31. The number of hydrogen-bond donors (Lipinski definition) is 1. The lowest BCUT2D eigenvalue weighted by atomic mass is 9.74. The van der Waals surface area contributed by atoms with Crippen LogP contribution in [-0.4, -0.2) is 28.6 Å². The van der Waals surface area contributed by atoms with E-state index in [4.69, 9.17) is 9.47 Å². The van der Waals surface area contributed by atoms with Crippen LogP contribution in [0.15, 0.2) is 36.5 Å². The molecule has 1 N–H and O–H groups in total. The van der Waals surface area contributed by atoms with Crippen molar-refractivity contribution in [2.24, 2.45) is 0 Å². The van der Waals surface area contributed by atoms with Crippen LogP contribution in [0.2, 0.25) is 0 Å².